The fraction of sp³-hybridized carbons (Fsp3) is 0.857. The van der Waals surface area contributed by atoms with Crippen LogP contribution in [0.2, 0.25) is 0 Å². The predicted molar refractivity (Wildman–Crippen MR) is 73.6 cm³/mol. The van der Waals surface area contributed by atoms with Crippen LogP contribution in [-0.2, 0) is 9.59 Å². The zero-order valence-electron chi connectivity index (χ0n) is 11.7. The van der Waals surface area contributed by atoms with Crippen molar-refractivity contribution in [1.82, 2.24) is 5.32 Å². The molecule has 1 rings (SSSR count). The number of amides is 1. The average molecular weight is 270 g/mol. The predicted octanol–water partition coefficient (Wildman–Crippen LogP) is 1.51. The highest BCUT2D eigenvalue weighted by atomic mass is 16.4. The third-order valence-electron chi connectivity index (χ3n) is 3.89. The number of hydrogen-bond donors (Lipinski definition) is 3. The van der Waals surface area contributed by atoms with Crippen LogP contribution in [0.5, 0.6) is 0 Å². The van der Waals surface area contributed by atoms with Crippen molar-refractivity contribution in [3.8, 4) is 0 Å². The molecule has 5 heteroatoms. The van der Waals surface area contributed by atoms with Crippen LogP contribution in [0.25, 0.3) is 0 Å². The maximum absolute atomic E-state index is 11.7. The molecule has 0 aromatic rings. The number of nitrogens with two attached hydrogens (primary N) is 1. The van der Waals surface area contributed by atoms with Crippen molar-refractivity contribution in [3.05, 3.63) is 0 Å². The van der Waals surface area contributed by atoms with E-state index in [9.17, 15) is 9.59 Å². The average Bonchev–Trinajstić information content (AvgIpc) is 2.36. The molecule has 4 N–H and O–H groups in total. The smallest absolute Gasteiger partial charge is 0.306 e. The van der Waals surface area contributed by atoms with E-state index >= 15 is 0 Å². The van der Waals surface area contributed by atoms with E-state index in [4.69, 9.17) is 10.8 Å². The highest BCUT2D eigenvalue weighted by Gasteiger charge is 2.30. The first-order valence-electron chi connectivity index (χ1n) is 7.29. The molecule has 0 spiro atoms. The summed E-state index contributed by atoms with van der Waals surface area (Å²) in [5.74, 6) is -1.03. The number of carbonyl (C=O) groups excluding carboxylic acids is 1. The summed E-state index contributed by atoms with van der Waals surface area (Å²) >= 11 is 0. The standard InChI is InChI=1S/C14H26N2O3/c1-2-5-11(15)8-13(17)16-9-10-6-3-4-7-12(10)14(18)19/h10-12H,2-9,15H2,1H3,(H,16,17)(H,18,19). The molecule has 3 unspecified atom stereocenters. The van der Waals surface area contributed by atoms with Crippen LogP contribution in [0.15, 0.2) is 0 Å². The Hall–Kier alpha value is -1.10. The molecule has 1 aliphatic carbocycles. The van der Waals surface area contributed by atoms with Crippen molar-refractivity contribution in [1.29, 1.82) is 0 Å². The fourth-order valence-corrected chi connectivity index (χ4v) is 2.81. The van der Waals surface area contributed by atoms with Gasteiger partial charge in [0.25, 0.3) is 0 Å². The van der Waals surface area contributed by atoms with Crippen molar-refractivity contribution >= 4 is 11.9 Å². The molecule has 1 fully saturated rings. The molecule has 0 aromatic carbocycles. The molecule has 0 heterocycles. The SMILES string of the molecule is CCCC(N)CC(=O)NCC1CCCCC1C(=O)O. The molecule has 19 heavy (non-hydrogen) atoms. The molecule has 3 atom stereocenters. The summed E-state index contributed by atoms with van der Waals surface area (Å²) < 4.78 is 0. The first-order valence-corrected chi connectivity index (χ1v) is 7.29. The minimum atomic E-state index is -0.735. The highest BCUT2D eigenvalue weighted by molar-refractivity contribution is 5.76. The summed E-state index contributed by atoms with van der Waals surface area (Å²) in [5.41, 5.74) is 5.81. The monoisotopic (exact) mass is 270 g/mol. The number of carboxylic acids is 1. The van der Waals surface area contributed by atoms with Gasteiger partial charge in [-0.25, -0.2) is 0 Å². The van der Waals surface area contributed by atoms with Crippen LogP contribution in [0.3, 0.4) is 0 Å². The molecule has 0 bridgehead atoms. The van der Waals surface area contributed by atoms with E-state index in [1.807, 2.05) is 6.92 Å². The Morgan fingerprint density at radius 1 is 1.37 bits per heavy atom. The summed E-state index contributed by atoms with van der Waals surface area (Å²) in [5, 5.41) is 12.0. The summed E-state index contributed by atoms with van der Waals surface area (Å²) in [6.07, 6.45) is 5.79. The minimum Gasteiger partial charge on any atom is -0.481 e. The molecule has 0 aromatic heterocycles. The zero-order chi connectivity index (χ0) is 14.3. The van der Waals surface area contributed by atoms with E-state index in [1.165, 1.54) is 0 Å². The lowest BCUT2D eigenvalue weighted by Gasteiger charge is -2.28. The number of carbonyl (C=O) groups is 2. The first kappa shape index (κ1) is 16.0. The number of hydrogen-bond acceptors (Lipinski definition) is 3. The first-order chi connectivity index (χ1) is 9.04. The number of carboxylic acid groups (broad SMARTS) is 1. The highest BCUT2D eigenvalue weighted by Crippen LogP contribution is 2.29. The second-order valence-electron chi connectivity index (χ2n) is 5.55. The van der Waals surface area contributed by atoms with Gasteiger partial charge in [-0.15, -0.1) is 0 Å². The van der Waals surface area contributed by atoms with Crippen molar-refractivity contribution in [2.75, 3.05) is 6.54 Å². The van der Waals surface area contributed by atoms with Gasteiger partial charge in [-0.3, -0.25) is 9.59 Å². The van der Waals surface area contributed by atoms with Gasteiger partial charge < -0.3 is 16.2 Å². The summed E-state index contributed by atoms with van der Waals surface area (Å²) in [6.45, 7) is 2.51. The molecule has 1 amide bonds. The van der Waals surface area contributed by atoms with E-state index < -0.39 is 5.97 Å². The van der Waals surface area contributed by atoms with Crippen molar-refractivity contribution < 1.29 is 14.7 Å². The Morgan fingerprint density at radius 2 is 2.05 bits per heavy atom. The Morgan fingerprint density at radius 3 is 2.68 bits per heavy atom. The topological polar surface area (TPSA) is 92.4 Å². The van der Waals surface area contributed by atoms with Gasteiger partial charge in [0.15, 0.2) is 0 Å². The lowest BCUT2D eigenvalue weighted by atomic mass is 9.79. The molecule has 0 radical (unpaired) electrons. The maximum atomic E-state index is 11.7. The van der Waals surface area contributed by atoms with Gasteiger partial charge in [-0.05, 0) is 25.2 Å². The lowest BCUT2D eigenvalue weighted by Crippen LogP contribution is -2.39. The normalized spacial score (nSPS) is 24.7. The summed E-state index contributed by atoms with van der Waals surface area (Å²) in [6, 6.07) is -0.0911. The Kier molecular flexibility index (Phi) is 6.84. The van der Waals surface area contributed by atoms with Crippen LogP contribution in [0, 0.1) is 11.8 Å². The number of nitrogens with one attached hydrogen (secondary N) is 1. The van der Waals surface area contributed by atoms with Crippen LogP contribution in [0.1, 0.15) is 51.9 Å². The van der Waals surface area contributed by atoms with Crippen molar-refractivity contribution in [2.24, 2.45) is 17.6 Å². The summed E-state index contributed by atoms with van der Waals surface area (Å²) in [4.78, 5) is 22.8. The number of rotatable bonds is 7. The second kappa shape index (κ2) is 8.15. The van der Waals surface area contributed by atoms with Crippen LogP contribution in [0.4, 0.5) is 0 Å². The largest absolute Gasteiger partial charge is 0.481 e. The Balaban J connectivity index is 2.33. The van der Waals surface area contributed by atoms with Gasteiger partial charge in [-0.2, -0.15) is 0 Å². The van der Waals surface area contributed by atoms with Crippen molar-refractivity contribution in [2.45, 2.75) is 57.9 Å². The Bertz CT molecular complexity index is 307. The minimum absolute atomic E-state index is 0.0596. The van der Waals surface area contributed by atoms with Gasteiger partial charge in [0.1, 0.15) is 0 Å². The quantitative estimate of drug-likeness (QED) is 0.654. The van der Waals surface area contributed by atoms with E-state index in [1.54, 1.807) is 0 Å². The second-order valence-corrected chi connectivity index (χ2v) is 5.55. The molecule has 110 valence electrons. The summed E-state index contributed by atoms with van der Waals surface area (Å²) in [7, 11) is 0. The van der Waals surface area contributed by atoms with Crippen LogP contribution < -0.4 is 11.1 Å². The molecule has 0 saturated heterocycles. The van der Waals surface area contributed by atoms with Gasteiger partial charge in [0.05, 0.1) is 5.92 Å². The number of aliphatic carboxylic acids is 1. The van der Waals surface area contributed by atoms with Gasteiger partial charge in [-0.1, -0.05) is 26.2 Å². The fourth-order valence-electron chi connectivity index (χ4n) is 2.81. The molecular formula is C14H26N2O3. The molecule has 1 saturated carbocycles. The van der Waals surface area contributed by atoms with Gasteiger partial charge in [0, 0.05) is 19.0 Å². The Labute approximate surface area is 114 Å². The van der Waals surface area contributed by atoms with Crippen molar-refractivity contribution in [3.63, 3.8) is 0 Å². The molecule has 1 aliphatic rings. The van der Waals surface area contributed by atoms with E-state index in [0.29, 0.717) is 13.0 Å². The van der Waals surface area contributed by atoms with E-state index in [2.05, 4.69) is 5.32 Å². The van der Waals surface area contributed by atoms with Gasteiger partial charge in [0.2, 0.25) is 5.91 Å². The molecule has 0 aliphatic heterocycles. The molecular weight excluding hydrogens is 244 g/mol. The molecule has 5 nitrogen and oxygen atoms in total. The third-order valence-corrected chi connectivity index (χ3v) is 3.89. The van der Waals surface area contributed by atoms with E-state index in [0.717, 1.165) is 38.5 Å². The van der Waals surface area contributed by atoms with Gasteiger partial charge >= 0.3 is 5.97 Å². The lowest BCUT2D eigenvalue weighted by molar-refractivity contribution is -0.145. The van der Waals surface area contributed by atoms with Crippen LogP contribution in [-0.4, -0.2) is 29.6 Å². The van der Waals surface area contributed by atoms with E-state index in [-0.39, 0.29) is 23.8 Å². The van der Waals surface area contributed by atoms with Crippen LogP contribution >= 0.6 is 0 Å². The maximum Gasteiger partial charge on any atom is 0.306 e. The zero-order valence-corrected chi connectivity index (χ0v) is 11.7. The third kappa shape index (κ3) is 5.59.